The highest BCUT2D eigenvalue weighted by molar-refractivity contribution is 5.69. The van der Waals surface area contributed by atoms with Crippen LogP contribution in [0.4, 0.5) is 0 Å². The number of esters is 1. The van der Waals surface area contributed by atoms with Gasteiger partial charge in [0.2, 0.25) is 0 Å². The lowest BCUT2D eigenvalue weighted by Crippen LogP contribution is -2.08. The summed E-state index contributed by atoms with van der Waals surface area (Å²) in [6, 6.07) is 0. The number of aliphatic hydroxyl groups is 1. The average molecular weight is 244 g/mol. The Morgan fingerprint density at radius 3 is 2.41 bits per heavy atom. The summed E-state index contributed by atoms with van der Waals surface area (Å²) in [5.41, 5.74) is 0. The molecule has 1 atom stereocenters. The van der Waals surface area contributed by atoms with Gasteiger partial charge in [0.15, 0.2) is 0 Å². The van der Waals surface area contributed by atoms with Crippen molar-refractivity contribution in [1.29, 1.82) is 0 Å². The van der Waals surface area contributed by atoms with E-state index in [0.717, 1.165) is 38.5 Å². The van der Waals surface area contributed by atoms with Crippen molar-refractivity contribution in [3.8, 4) is 0 Å². The van der Waals surface area contributed by atoms with Crippen molar-refractivity contribution in [2.75, 3.05) is 6.61 Å². The molecule has 0 aliphatic carbocycles. The SMILES string of the molecule is CCC(O)CCCCCCOC(=O)CC(C)C. The summed E-state index contributed by atoms with van der Waals surface area (Å²) in [6.45, 7) is 6.57. The predicted molar refractivity (Wildman–Crippen MR) is 69.8 cm³/mol. The molecule has 3 nitrogen and oxygen atoms in total. The van der Waals surface area contributed by atoms with Crippen LogP contribution in [0.3, 0.4) is 0 Å². The summed E-state index contributed by atoms with van der Waals surface area (Å²) in [4.78, 5) is 11.2. The van der Waals surface area contributed by atoms with Gasteiger partial charge < -0.3 is 9.84 Å². The molecule has 0 saturated carbocycles. The Bertz CT molecular complexity index is 190. The predicted octanol–water partition coefficient (Wildman–Crippen LogP) is 3.30. The van der Waals surface area contributed by atoms with E-state index in [-0.39, 0.29) is 12.1 Å². The zero-order chi connectivity index (χ0) is 13.1. The number of rotatable bonds is 10. The molecule has 0 aliphatic rings. The molecule has 17 heavy (non-hydrogen) atoms. The van der Waals surface area contributed by atoms with Gasteiger partial charge in [-0.25, -0.2) is 0 Å². The van der Waals surface area contributed by atoms with Crippen LogP contribution in [0.1, 0.15) is 65.7 Å². The molecule has 0 radical (unpaired) electrons. The molecule has 1 N–H and O–H groups in total. The van der Waals surface area contributed by atoms with Gasteiger partial charge in [-0.15, -0.1) is 0 Å². The highest BCUT2D eigenvalue weighted by atomic mass is 16.5. The molecule has 0 aromatic carbocycles. The molecule has 0 aromatic rings. The third kappa shape index (κ3) is 11.7. The topological polar surface area (TPSA) is 46.5 Å². The first kappa shape index (κ1) is 16.4. The van der Waals surface area contributed by atoms with Crippen molar-refractivity contribution in [2.24, 2.45) is 5.92 Å². The number of hydrogen-bond donors (Lipinski definition) is 1. The minimum atomic E-state index is -0.140. The Morgan fingerprint density at radius 2 is 1.82 bits per heavy atom. The number of carbonyl (C=O) groups excluding carboxylic acids is 1. The van der Waals surface area contributed by atoms with Gasteiger partial charge >= 0.3 is 5.97 Å². The monoisotopic (exact) mass is 244 g/mol. The second-order valence-corrected chi connectivity index (χ2v) is 5.08. The molecule has 3 heteroatoms. The second-order valence-electron chi connectivity index (χ2n) is 5.08. The van der Waals surface area contributed by atoms with Crippen molar-refractivity contribution in [2.45, 2.75) is 71.8 Å². The van der Waals surface area contributed by atoms with Gasteiger partial charge in [0.05, 0.1) is 12.7 Å². The quantitative estimate of drug-likeness (QED) is 0.474. The molecule has 0 bridgehead atoms. The number of carbonyl (C=O) groups is 1. The van der Waals surface area contributed by atoms with Crippen LogP contribution in [0.25, 0.3) is 0 Å². The van der Waals surface area contributed by atoms with E-state index in [2.05, 4.69) is 0 Å². The van der Waals surface area contributed by atoms with Crippen molar-refractivity contribution in [3.63, 3.8) is 0 Å². The van der Waals surface area contributed by atoms with Crippen LogP contribution in [0, 0.1) is 5.92 Å². The first-order chi connectivity index (χ1) is 8.06. The van der Waals surface area contributed by atoms with Gasteiger partial charge in [-0.2, -0.15) is 0 Å². The van der Waals surface area contributed by atoms with Crippen molar-refractivity contribution in [1.82, 2.24) is 0 Å². The van der Waals surface area contributed by atoms with Crippen LogP contribution in [-0.2, 0) is 9.53 Å². The van der Waals surface area contributed by atoms with Crippen molar-refractivity contribution < 1.29 is 14.6 Å². The van der Waals surface area contributed by atoms with E-state index in [1.54, 1.807) is 0 Å². The molecule has 0 aromatic heterocycles. The normalized spacial score (nSPS) is 12.8. The zero-order valence-electron chi connectivity index (χ0n) is 11.6. The van der Waals surface area contributed by atoms with Gasteiger partial charge in [0, 0.05) is 6.42 Å². The number of ether oxygens (including phenoxy) is 1. The average Bonchev–Trinajstić information content (AvgIpc) is 2.26. The standard InChI is InChI=1S/C14H28O3/c1-4-13(15)9-7-5-6-8-10-17-14(16)11-12(2)3/h12-13,15H,4-11H2,1-3H3. The van der Waals surface area contributed by atoms with E-state index >= 15 is 0 Å². The van der Waals surface area contributed by atoms with Crippen molar-refractivity contribution >= 4 is 5.97 Å². The van der Waals surface area contributed by atoms with Gasteiger partial charge in [-0.3, -0.25) is 4.79 Å². The maximum Gasteiger partial charge on any atom is 0.306 e. The van der Waals surface area contributed by atoms with E-state index in [1.807, 2.05) is 20.8 Å². The Balaban J connectivity index is 3.21. The van der Waals surface area contributed by atoms with Crippen LogP contribution in [0.2, 0.25) is 0 Å². The van der Waals surface area contributed by atoms with Gasteiger partial charge in [0.1, 0.15) is 0 Å². The molecule has 102 valence electrons. The fraction of sp³-hybridized carbons (Fsp3) is 0.929. The first-order valence-corrected chi connectivity index (χ1v) is 6.90. The molecule has 0 heterocycles. The van der Waals surface area contributed by atoms with Crippen LogP contribution in [0.5, 0.6) is 0 Å². The minimum absolute atomic E-state index is 0.0820. The number of hydrogen-bond acceptors (Lipinski definition) is 3. The molecule has 0 amide bonds. The van der Waals surface area contributed by atoms with Gasteiger partial charge in [0.25, 0.3) is 0 Å². The van der Waals surface area contributed by atoms with Gasteiger partial charge in [-0.1, -0.05) is 40.0 Å². The molecule has 0 spiro atoms. The molecule has 0 rings (SSSR count). The summed E-state index contributed by atoms with van der Waals surface area (Å²) in [5.74, 6) is 0.291. The van der Waals surface area contributed by atoms with Crippen LogP contribution in [-0.4, -0.2) is 23.8 Å². The lowest BCUT2D eigenvalue weighted by molar-refractivity contribution is -0.144. The highest BCUT2D eigenvalue weighted by Crippen LogP contribution is 2.08. The smallest absolute Gasteiger partial charge is 0.306 e. The van der Waals surface area contributed by atoms with E-state index in [9.17, 15) is 9.90 Å². The van der Waals surface area contributed by atoms with E-state index < -0.39 is 0 Å². The Hall–Kier alpha value is -0.570. The fourth-order valence-electron chi connectivity index (χ4n) is 1.62. The Labute approximate surface area is 106 Å². The number of unbranched alkanes of at least 4 members (excludes halogenated alkanes) is 3. The first-order valence-electron chi connectivity index (χ1n) is 6.90. The summed E-state index contributed by atoms with van der Waals surface area (Å²) in [5, 5.41) is 9.35. The summed E-state index contributed by atoms with van der Waals surface area (Å²) >= 11 is 0. The van der Waals surface area contributed by atoms with E-state index in [4.69, 9.17) is 4.74 Å². The summed E-state index contributed by atoms with van der Waals surface area (Å²) in [7, 11) is 0. The molecular formula is C14H28O3. The van der Waals surface area contributed by atoms with E-state index in [0.29, 0.717) is 18.9 Å². The lowest BCUT2D eigenvalue weighted by Gasteiger charge is -2.08. The molecule has 0 aliphatic heterocycles. The van der Waals surface area contributed by atoms with Gasteiger partial charge in [-0.05, 0) is 25.2 Å². The lowest BCUT2D eigenvalue weighted by atomic mass is 10.1. The Morgan fingerprint density at radius 1 is 1.18 bits per heavy atom. The van der Waals surface area contributed by atoms with Crippen LogP contribution < -0.4 is 0 Å². The fourth-order valence-corrected chi connectivity index (χ4v) is 1.62. The third-order valence-corrected chi connectivity index (χ3v) is 2.74. The van der Waals surface area contributed by atoms with Crippen molar-refractivity contribution in [3.05, 3.63) is 0 Å². The van der Waals surface area contributed by atoms with Crippen LogP contribution >= 0.6 is 0 Å². The molecular weight excluding hydrogens is 216 g/mol. The second kappa shape index (κ2) is 10.6. The van der Waals surface area contributed by atoms with E-state index in [1.165, 1.54) is 0 Å². The maximum atomic E-state index is 11.2. The maximum absolute atomic E-state index is 11.2. The summed E-state index contributed by atoms with van der Waals surface area (Å²) in [6.07, 6.45) is 6.29. The van der Waals surface area contributed by atoms with Crippen LogP contribution in [0.15, 0.2) is 0 Å². The minimum Gasteiger partial charge on any atom is -0.466 e. The molecule has 1 unspecified atom stereocenters. The molecule has 0 fully saturated rings. The highest BCUT2D eigenvalue weighted by Gasteiger charge is 2.05. The largest absolute Gasteiger partial charge is 0.466 e. The number of aliphatic hydroxyl groups excluding tert-OH is 1. The molecule has 0 saturated heterocycles. The summed E-state index contributed by atoms with van der Waals surface area (Å²) < 4.78 is 5.11. The zero-order valence-corrected chi connectivity index (χ0v) is 11.6. The Kier molecular flexibility index (Phi) is 10.2. The third-order valence-electron chi connectivity index (χ3n) is 2.74.